The minimum atomic E-state index is -0.624. The van der Waals surface area contributed by atoms with Gasteiger partial charge in [0.15, 0.2) is 0 Å². The van der Waals surface area contributed by atoms with Gasteiger partial charge in [0.05, 0.1) is 0 Å². The van der Waals surface area contributed by atoms with Crippen molar-refractivity contribution in [2.75, 3.05) is 6.54 Å². The van der Waals surface area contributed by atoms with E-state index in [-0.39, 0.29) is 17.7 Å². The normalized spacial score (nSPS) is 12.8. The smallest absolute Gasteiger partial charge is 0.417 e. The molecule has 0 aliphatic carbocycles. The molecule has 23 heavy (non-hydrogen) atoms. The number of hydrogen-bond acceptors (Lipinski definition) is 3. The molecule has 0 aromatic heterocycles. The molecule has 4 nitrogen and oxygen atoms in total. The van der Waals surface area contributed by atoms with Crippen LogP contribution in [0.5, 0.6) is 0 Å². The van der Waals surface area contributed by atoms with Crippen molar-refractivity contribution >= 4 is 12.0 Å². The first-order valence-corrected chi connectivity index (χ1v) is 8.25. The van der Waals surface area contributed by atoms with Gasteiger partial charge in [0.2, 0.25) is 5.91 Å². The Morgan fingerprint density at radius 2 is 1.70 bits per heavy atom. The fourth-order valence-corrected chi connectivity index (χ4v) is 2.30. The molecule has 0 radical (unpaired) electrons. The number of rotatable bonds is 5. The molecule has 1 aromatic rings. The molecule has 0 saturated carbocycles. The van der Waals surface area contributed by atoms with Gasteiger partial charge >= 0.3 is 6.09 Å². The fourth-order valence-electron chi connectivity index (χ4n) is 2.30. The quantitative estimate of drug-likeness (QED) is 0.797. The van der Waals surface area contributed by atoms with Gasteiger partial charge in [0, 0.05) is 18.4 Å². The largest absolute Gasteiger partial charge is 0.443 e. The van der Waals surface area contributed by atoms with E-state index in [0.29, 0.717) is 6.54 Å². The molecule has 0 bridgehead atoms. The second-order valence-corrected chi connectivity index (χ2v) is 7.10. The van der Waals surface area contributed by atoms with E-state index in [9.17, 15) is 9.59 Å². The Labute approximate surface area is 139 Å². The Kier molecular flexibility index (Phi) is 6.79. The minimum absolute atomic E-state index is 0.103. The van der Waals surface area contributed by atoms with Crippen molar-refractivity contribution in [3.63, 3.8) is 0 Å². The number of amides is 2. The van der Waals surface area contributed by atoms with Crippen LogP contribution < -0.4 is 0 Å². The van der Waals surface area contributed by atoms with Gasteiger partial charge in [0.25, 0.3) is 0 Å². The van der Waals surface area contributed by atoms with Crippen molar-refractivity contribution in [2.24, 2.45) is 5.92 Å². The summed E-state index contributed by atoms with van der Waals surface area (Å²) in [5, 5.41) is 0. The number of nitrogens with zero attached hydrogens (tertiary/aromatic N) is 1. The molecule has 2 amide bonds. The first kappa shape index (κ1) is 19.2. The lowest BCUT2D eigenvalue weighted by Gasteiger charge is -2.30. The van der Waals surface area contributed by atoms with Crippen LogP contribution in [0.25, 0.3) is 0 Å². The van der Waals surface area contributed by atoms with Crippen LogP contribution in [0.4, 0.5) is 4.79 Å². The van der Waals surface area contributed by atoms with E-state index in [1.807, 2.05) is 30.3 Å². The maximum Gasteiger partial charge on any atom is 0.417 e. The minimum Gasteiger partial charge on any atom is -0.443 e. The van der Waals surface area contributed by atoms with E-state index in [0.717, 1.165) is 12.0 Å². The van der Waals surface area contributed by atoms with Crippen LogP contribution in [0, 0.1) is 5.92 Å². The molecule has 1 atom stereocenters. The summed E-state index contributed by atoms with van der Waals surface area (Å²) in [4.78, 5) is 26.2. The molecule has 128 valence electrons. The van der Waals surface area contributed by atoms with E-state index in [2.05, 4.69) is 6.92 Å². The third-order valence-electron chi connectivity index (χ3n) is 3.54. The van der Waals surface area contributed by atoms with E-state index < -0.39 is 11.7 Å². The van der Waals surface area contributed by atoms with Gasteiger partial charge in [-0.05, 0) is 32.8 Å². The highest BCUT2D eigenvalue weighted by atomic mass is 16.6. The number of carbonyl (C=O) groups is 2. The monoisotopic (exact) mass is 319 g/mol. The topological polar surface area (TPSA) is 46.6 Å². The third kappa shape index (κ3) is 6.05. The Morgan fingerprint density at radius 1 is 1.13 bits per heavy atom. The highest BCUT2D eigenvalue weighted by Crippen LogP contribution is 2.23. The number of ether oxygens (including phenoxy) is 1. The van der Waals surface area contributed by atoms with Gasteiger partial charge in [-0.3, -0.25) is 4.79 Å². The third-order valence-corrected chi connectivity index (χ3v) is 3.54. The summed E-state index contributed by atoms with van der Waals surface area (Å²) in [6.45, 7) is 11.4. The molecule has 1 aromatic carbocycles. The van der Waals surface area contributed by atoms with Crippen molar-refractivity contribution in [1.29, 1.82) is 0 Å². The molecular weight excluding hydrogens is 290 g/mol. The molecular formula is C19H29NO3. The van der Waals surface area contributed by atoms with Crippen molar-refractivity contribution in [3.8, 4) is 0 Å². The molecule has 0 fully saturated rings. The van der Waals surface area contributed by atoms with Gasteiger partial charge in [-0.2, -0.15) is 0 Å². The highest BCUT2D eigenvalue weighted by Gasteiger charge is 2.30. The molecule has 1 rings (SSSR count). The molecule has 0 heterocycles. The van der Waals surface area contributed by atoms with Crippen LogP contribution >= 0.6 is 0 Å². The van der Waals surface area contributed by atoms with Gasteiger partial charge in [0.1, 0.15) is 5.60 Å². The molecule has 0 aliphatic rings. The van der Waals surface area contributed by atoms with Gasteiger partial charge in [-0.25, -0.2) is 9.69 Å². The number of imide groups is 1. The zero-order valence-corrected chi connectivity index (χ0v) is 15.1. The second-order valence-electron chi connectivity index (χ2n) is 7.10. The van der Waals surface area contributed by atoms with Crippen molar-refractivity contribution in [1.82, 2.24) is 4.90 Å². The van der Waals surface area contributed by atoms with Gasteiger partial charge < -0.3 is 4.74 Å². The van der Waals surface area contributed by atoms with Gasteiger partial charge in [-0.1, -0.05) is 51.1 Å². The number of benzene rings is 1. The molecule has 0 saturated heterocycles. The first-order chi connectivity index (χ1) is 10.7. The Hall–Kier alpha value is -1.84. The maximum atomic E-state index is 12.5. The van der Waals surface area contributed by atoms with Crippen LogP contribution in [-0.4, -0.2) is 29.0 Å². The Morgan fingerprint density at radius 3 is 2.13 bits per heavy atom. The summed E-state index contributed by atoms with van der Waals surface area (Å²) >= 11 is 0. The van der Waals surface area contributed by atoms with E-state index in [1.54, 1.807) is 34.6 Å². The summed E-state index contributed by atoms with van der Waals surface area (Å²) < 4.78 is 5.42. The van der Waals surface area contributed by atoms with E-state index >= 15 is 0 Å². The average Bonchev–Trinajstić information content (AvgIpc) is 2.46. The standard InChI is InChI=1S/C19H29NO3/c1-7-15(16-11-9-8-10-12-16)13-20(17(21)14(2)3)18(22)23-19(4,5)6/h8-12,14-15H,7,13H2,1-6H3/t15-/m1/s1. The molecule has 0 unspecified atom stereocenters. The van der Waals surface area contributed by atoms with Crippen LogP contribution in [0.3, 0.4) is 0 Å². The average molecular weight is 319 g/mol. The SMILES string of the molecule is CC[C@H](CN(C(=O)OC(C)(C)C)C(=O)C(C)C)c1ccccc1. The predicted molar refractivity (Wildman–Crippen MR) is 92.3 cm³/mol. The molecule has 0 N–H and O–H groups in total. The number of carbonyl (C=O) groups excluding carboxylic acids is 2. The van der Waals surface area contributed by atoms with Crippen molar-refractivity contribution < 1.29 is 14.3 Å². The fraction of sp³-hybridized carbons (Fsp3) is 0.579. The second kappa shape index (κ2) is 8.14. The summed E-state index contributed by atoms with van der Waals surface area (Å²) in [7, 11) is 0. The Balaban J connectivity index is 3.00. The lowest BCUT2D eigenvalue weighted by Crippen LogP contribution is -2.44. The number of hydrogen-bond donors (Lipinski definition) is 0. The van der Waals surface area contributed by atoms with Crippen LogP contribution in [0.15, 0.2) is 30.3 Å². The summed E-state index contributed by atoms with van der Waals surface area (Å²) in [6.07, 6.45) is 0.278. The lowest BCUT2D eigenvalue weighted by atomic mass is 9.95. The van der Waals surface area contributed by atoms with Crippen LogP contribution in [-0.2, 0) is 9.53 Å². The zero-order valence-electron chi connectivity index (χ0n) is 15.1. The summed E-state index contributed by atoms with van der Waals surface area (Å²) in [5.41, 5.74) is 0.501. The van der Waals surface area contributed by atoms with Gasteiger partial charge in [-0.15, -0.1) is 0 Å². The lowest BCUT2D eigenvalue weighted by molar-refractivity contribution is -0.133. The van der Waals surface area contributed by atoms with Crippen LogP contribution in [0.1, 0.15) is 59.4 Å². The summed E-state index contributed by atoms with van der Waals surface area (Å²) in [5.74, 6) is -0.351. The molecule has 4 heteroatoms. The Bertz CT molecular complexity index is 517. The highest BCUT2D eigenvalue weighted by molar-refractivity contribution is 5.93. The first-order valence-electron chi connectivity index (χ1n) is 8.25. The van der Waals surface area contributed by atoms with E-state index in [1.165, 1.54) is 4.90 Å². The van der Waals surface area contributed by atoms with Crippen LogP contribution in [0.2, 0.25) is 0 Å². The van der Waals surface area contributed by atoms with Crippen molar-refractivity contribution in [3.05, 3.63) is 35.9 Å². The zero-order chi connectivity index (χ0) is 17.6. The molecule has 0 aliphatic heterocycles. The maximum absolute atomic E-state index is 12.5. The molecule has 0 spiro atoms. The predicted octanol–water partition coefficient (Wildman–Crippen LogP) is 4.60. The summed E-state index contributed by atoms with van der Waals surface area (Å²) in [6, 6.07) is 9.96. The van der Waals surface area contributed by atoms with E-state index in [4.69, 9.17) is 4.74 Å². The van der Waals surface area contributed by atoms with Crippen molar-refractivity contribution in [2.45, 2.75) is 59.5 Å².